The van der Waals surface area contributed by atoms with Gasteiger partial charge in [-0.05, 0) is 51.4 Å². The number of hydrogen-bond donors (Lipinski definition) is 2. The molecule has 1 unspecified atom stereocenters. The van der Waals surface area contributed by atoms with E-state index in [2.05, 4.69) is 5.32 Å². The quantitative estimate of drug-likeness (QED) is 0.881. The number of alkyl halides is 3. The van der Waals surface area contributed by atoms with Gasteiger partial charge in [-0.2, -0.15) is 13.2 Å². The average Bonchev–Trinajstić information content (AvgIpc) is 2.26. The van der Waals surface area contributed by atoms with Gasteiger partial charge in [0.25, 0.3) is 0 Å². The predicted octanol–water partition coefficient (Wildman–Crippen LogP) is 3.52. The maximum absolute atomic E-state index is 12.4. The van der Waals surface area contributed by atoms with Crippen molar-refractivity contribution in [3.63, 3.8) is 0 Å². The number of benzene rings is 1. The van der Waals surface area contributed by atoms with E-state index in [1.165, 1.54) is 12.1 Å². The maximum Gasteiger partial charge on any atom is 0.416 e. The molecular formula is C14H20F3NO. The summed E-state index contributed by atoms with van der Waals surface area (Å²) in [4.78, 5) is 0. The van der Waals surface area contributed by atoms with Crippen molar-refractivity contribution in [2.75, 3.05) is 6.54 Å². The molecule has 0 saturated heterocycles. The molecule has 0 amide bonds. The molecular weight excluding hydrogens is 255 g/mol. The molecule has 0 saturated carbocycles. The Hall–Kier alpha value is -1.07. The van der Waals surface area contributed by atoms with Crippen LogP contribution in [0.1, 0.15) is 44.4 Å². The second kappa shape index (κ2) is 5.92. The minimum absolute atomic E-state index is 0.0418. The van der Waals surface area contributed by atoms with Gasteiger partial charge >= 0.3 is 6.18 Å². The highest BCUT2D eigenvalue weighted by Gasteiger charge is 2.30. The summed E-state index contributed by atoms with van der Waals surface area (Å²) in [6.45, 7) is 6.64. The standard InChI is InChI=1S/C14H20F3NO/c1-13(2,3)18-9-8-12(19)10-4-6-11(7-5-10)14(15,16)17/h4-7,12,18-19H,8-9H2,1-3H3. The zero-order valence-electron chi connectivity index (χ0n) is 11.4. The van der Waals surface area contributed by atoms with Gasteiger partial charge in [-0.25, -0.2) is 0 Å². The van der Waals surface area contributed by atoms with Crippen molar-refractivity contribution in [2.24, 2.45) is 0 Å². The third kappa shape index (κ3) is 5.61. The first-order valence-corrected chi connectivity index (χ1v) is 6.20. The molecule has 0 aliphatic heterocycles. The first-order valence-electron chi connectivity index (χ1n) is 6.20. The van der Waals surface area contributed by atoms with E-state index in [1.54, 1.807) is 0 Å². The van der Waals surface area contributed by atoms with Crippen LogP contribution in [0.15, 0.2) is 24.3 Å². The van der Waals surface area contributed by atoms with Crippen LogP contribution in [0.4, 0.5) is 13.2 Å². The molecule has 19 heavy (non-hydrogen) atoms. The van der Waals surface area contributed by atoms with Crippen LogP contribution in [-0.2, 0) is 6.18 Å². The van der Waals surface area contributed by atoms with Crippen LogP contribution in [0.2, 0.25) is 0 Å². The summed E-state index contributed by atoms with van der Waals surface area (Å²) in [6.07, 6.45) is -4.63. The predicted molar refractivity (Wildman–Crippen MR) is 68.8 cm³/mol. The van der Waals surface area contributed by atoms with E-state index in [1.807, 2.05) is 20.8 Å². The van der Waals surface area contributed by atoms with Crippen molar-refractivity contribution >= 4 is 0 Å². The first-order chi connectivity index (χ1) is 8.59. The van der Waals surface area contributed by atoms with Gasteiger partial charge in [0.2, 0.25) is 0 Å². The summed E-state index contributed by atoms with van der Waals surface area (Å²) >= 11 is 0. The zero-order chi connectivity index (χ0) is 14.7. The van der Waals surface area contributed by atoms with E-state index in [9.17, 15) is 18.3 Å². The Kier molecular flexibility index (Phi) is 4.98. The molecule has 2 nitrogen and oxygen atoms in total. The van der Waals surface area contributed by atoms with E-state index in [4.69, 9.17) is 0 Å². The number of nitrogens with one attached hydrogen (secondary N) is 1. The number of rotatable bonds is 4. The Labute approximate surface area is 111 Å². The van der Waals surface area contributed by atoms with Gasteiger partial charge in [-0.1, -0.05) is 12.1 Å². The number of aliphatic hydroxyl groups excluding tert-OH is 1. The topological polar surface area (TPSA) is 32.3 Å². The van der Waals surface area contributed by atoms with Crippen LogP contribution in [0.25, 0.3) is 0 Å². The number of hydrogen-bond acceptors (Lipinski definition) is 2. The Morgan fingerprint density at radius 1 is 1.11 bits per heavy atom. The molecule has 1 atom stereocenters. The molecule has 0 bridgehead atoms. The summed E-state index contributed by atoms with van der Waals surface area (Å²) in [7, 11) is 0. The van der Waals surface area contributed by atoms with Crippen molar-refractivity contribution in [3.8, 4) is 0 Å². The van der Waals surface area contributed by atoms with Gasteiger partial charge in [-0.3, -0.25) is 0 Å². The molecule has 5 heteroatoms. The fraction of sp³-hybridized carbons (Fsp3) is 0.571. The van der Waals surface area contributed by atoms with Gasteiger partial charge in [0.05, 0.1) is 11.7 Å². The lowest BCUT2D eigenvalue weighted by Crippen LogP contribution is -2.36. The SMILES string of the molecule is CC(C)(C)NCCC(O)c1ccc(C(F)(F)F)cc1. The minimum atomic E-state index is -4.34. The highest BCUT2D eigenvalue weighted by Crippen LogP contribution is 2.30. The van der Waals surface area contributed by atoms with Crippen LogP contribution in [0.5, 0.6) is 0 Å². The number of halogens is 3. The van der Waals surface area contributed by atoms with Crippen LogP contribution in [-0.4, -0.2) is 17.2 Å². The third-order valence-electron chi connectivity index (χ3n) is 2.70. The van der Waals surface area contributed by atoms with Gasteiger partial charge < -0.3 is 10.4 Å². The second-order valence-corrected chi connectivity index (χ2v) is 5.60. The molecule has 1 aromatic rings. The molecule has 0 fully saturated rings. The lowest BCUT2D eigenvalue weighted by molar-refractivity contribution is -0.137. The largest absolute Gasteiger partial charge is 0.416 e. The van der Waals surface area contributed by atoms with E-state index in [-0.39, 0.29) is 5.54 Å². The third-order valence-corrected chi connectivity index (χ3v) is 2.70. The van der Waals surface area contributed by atoms with Gasteiger partial charge in [-0.15, -0.1) is 0 Å². The fourth-order valence-electron chi connectivity index (χ4n) is 1.64. The van der Waals surface area contributed by atoms with E-state index in [0.29, 0.717) is 18.5 Å². The smallest absolute Gasteiger partial charge is 0.388 e. The van der Waals surface area contributed by atoms with Gasteiger partial charge in [0.1, 0.15) is 0 Å². The lowest BCUT2D eigenvalue weighted by atomic mass is 10.0. The summed E-state index contributed by atoms with van der Waals surface area (Å²) in [5, 5.41) is 13.1. The molecule has 0 aliphatic rings. The van der Waals surface area contributed by atoms with Crippen LogP contribution < -0.4 is 5.32 Å². The number of aliphatic hydroxyl groups is 1. The summed E-state index contributed by atoms with van der Waals surface area (Å²) in [5.41, 5.74) is -0.236. The van der Waals surface area contributed by atoms with E-state index < -0.39 is 17.8 Å². The first kappa shape index (κ1) is 16.0. The Morgan fingerprint density at radius 2 is 1.63 bits per heavy atom. The monoisotopic (exact) mass is 275 g/mol. The van der Waals surface area contributed by atoms with Crippen LogP contribution >= 0.6 is 0 Å². The molecule has 0 spiro atoms. The molecule has 0 aromatic heterocycles. The summed E-state index contributed by atoms with van der Waals surface area (Å²) in [5.74, 6) is 0. The van der Waals surface area contributed by atoms with E-state index >= 15 is 0 Å². The van der Waals surface area contributed by atoms with Crippen molar-refractivity contribution in [2.45, 2.75) is 45.0 Å². The Bertz CT molecular complexity index is 393. The average molecular weight is 275 g/mol. The zero-order valence-corrected chi connectivity index (χ0v) is 11.4. The van der Waals surface area contributed by atoms with E-state index in [0.717, 1.165) is 12.1 Å². The van der Waals surface area contributed by atoms with Gasteiger partial charge in [0, 0.05) is 5.54 Å². The Morgan fingerprint density at radius 3 is 2.05 bits per heavy atom. The molecule has 1 rings (SSSR count). The highest BCUT2D eigenvalue weighted by molar-refractivity contribution is 5.26. The van der Waals surface area contributed by atoms with Crippen LogP contribution in [0.3, 0.4) is 0 Å². The molecule has 0 heterocycles. The normalized spacial score (nSPS) is 14.5. The van der Waals surface area contributed by atoms with Crippen molar-refractivity contribution in [1.82, 2.24) is 5.32 Å². The molecule has 2 N–H and O–H groups in total. The molecule has 0 radical (unpaired) electrons. The van der Waals surface area contributed by atoms with Gasteiger partial charge in [0.15, 0.2) is 0 Å². The second-order valence-electron chi connectivity index (χ2n) is 5.60. The molecule has 108 valence electrons. The van der Waals surface area contributed by atoms with Crippen molar-refractivity contribution in [3.05, 3.63) is 35.4 Å². The van der Waals surface area contributed by atoms with Crippen LogP contribution in [0, 0.1) is 0 Å². The van der Waals surface area contributed by atoms with Crippen molar-refractivity contribution in [1.29, 1.82) is 0 Å². The summed E-state index contributed by atoms with van der Waals surface area (Å²) < 4.78 is 37.1. The molecule has 0 aliphatic carbocycles. The summed E-state index contributed by atoms with van der Waals surface area (Å²) in [6, 6.07) is 4.64. The highest BCUT2D eigenvalue weighted by atomic mass is 19.4. The minimum Gasteiger partial charge on any atom is -0.388 e. The Balaban J connectivity index is 2.56. The lowest BCUT2D eigenvalue weighted by Gasteiger charge is -2.21. The van der Waals surface area contributed by atoms with Crippen molar-refractivity contribution < 1.29 is 18.3 Å². The maximum atomic E-state index is 12.4. The molecule has 1 aromatic carbocycles. The fourth-order valence-corrected chi connectivity index (χ4v) is 1.64.